The largest absolute Gasteiger partial charge is 0.480 e. The molecule has 1 atom stereocenters. The summed E-state index contributed by atoms with van der Waals surface area (Å²) in [7, 11) is 0. The van der Waals surface area contributed by atoms with Crippen molar-refractivity contribution < 1.29 is 29.0 Å². The van der Waals surface area contributed by atoms with Crippen LogP contribution in [0.5, 0.6) is 0 Å². The summed E-state index contributed by atoms with van der Waals surface area (Å²) in [6.45, 7) is 5.41. The maximum absolute atomic E-state index is 12.7. The van der Waals surface area contributed by atoms with Crippen molar-refractivity contribution in [1.29, 1.82) is 0 Å². The van der Waals surface area contributed by atoms with Crippen molar-refractivity contribution >= 4 is 18.0 Å². The number of fused-ring (bicyclic) bond motifs is 3. The van der Waals surface area contributed by atoms with Gasteiger partial charge in [0.2, 0.25) is 5.91 Å². The van der Waals surface area contributed by atoms with Gasteiger partial charge in [0.15, 0.2) is 0 Å². The molecule has 0 aliphatic heterocycles. The Kier molecular flexibility index (Phi) is 7.71. The maximum Gasteiger partial charge on any atom is 0.407 e. The number of rotatable bonds is 9. The third-order valence-electron chi connectivity index (χ3n) is 5.51. The fourth-order valence-electron chi connectivity index (χ4n) is 3.94. The maximum atomic E-state index is 12.7. The Balaban J connectivity index is 1.59. The Morgan fingerprint density at radius 1 is 1.00 bits per heavy atom. The molecule has 176 valence electrons. The Labute approximate surface area is 193 Å². The van der Waals surface area contributed by atoms with Crippen molar-refractivity contribution in [3.8, 4) is 11.1 Å². The zero-order valence-corrected chi connectivity index (χ0v) is 19.1. The summed E-state index contributed by atoms with van der Waals surface area (Å²) in [5.74, 6) is -1.54. The molecule has 0 fully saturated rings. The highest BCUT2D eigenvalue weighted by atomic mass is 16.5. The van der Waals surface area contributed by atoms with Gasteiger partial charge < -0.3 is 25.2 Å². The molecule has 2 aromatic carbocycles. The molecule has 1 aliphatic rings. The van der Waals surface area contributed by atoms with Gasteiger partial charge in [-0.1, -0.05) is 69.3 Å². The van der Waals surface area contributed by atoms with E-state index in [0.717, 1.165) is 22.3 Å². The number of aliphatic carboxylic acids is 1. The van der Waals surface area contributed by atoms with Crippen molar-refractivity contribution in [3.05, 3.63) is 59.7 Å². The monoisotopic (exact) mass is 454 g/mol. The van der Waals surface area contributed by atoms with Gasteiger partial charge in [-0.15, -0.1) is 0 Å². The highest BCUT2D eigenvalue weighted by Crippen LogP contribution is 2.44. The molecule has 8 heteroatoms. The SMILES string of the molecule is CC(C)(C)C(NC(=O)OCC1c2ccccc2-c2ccccc21)C(=O)NCCOCC(=O)O. The van der Waals surface area contributed by atoms with Crippen LogP contribution in [0.4, 0.5) is 4.79 Å². The molecule has 0 saturated carbocycles. The van der Waals surface area contributed by atoms with Gasteiger partial charge in [0.25, 0.3) is 0 Å². The summed E-state index contributed by atoms with van der Waals surface area (Å²) < 4.78 is 10.5. The number of alkyl carbamates (subject to hydrolysis) is 1. The molecule has 3 N–H and O–H groups in total. The molecule has 0 heterocycles. The Morgan fingerprint density at radius 2 is 1.58 bits per heavy atom. The second kappa shape index (κ2) is 10.5. The van der Waals surface area contributed by atoms with E-state index < -0.39 is 36.0 Å². The minimum absolute atomic E-state index is 0.0554. The van der Waals surface area contributed by atoms with Crippen LogP contribution in [-0.2, 0) is 19.1 Å². The average molecular weight is 455 g/mol. The van der Waals surface area contributed by atoms with Gasteiger partial charge in [0.05, 0.1) is 6.61 Å². The fraction of sp³-hybridized carbons (Fsp3) is 0.400. The van der Waals surface area contributed by atoms with Crippen molar-refractivity contribution in [3.63, 3.8) is 0 Å². The molecule has 0 spiro atoms. The molecular weight excluding hydrogens is 424 g/mol. The summed E-state index contributed by atoms with van der Waals surface area (Å²) >= 11 is 0. The number of carboxylic acids is 1. The Bertz CT molecular complexity index is 968. The van der Waals surface area contributed by atoms with Crippen LogP contribution in [0.1, 0.15) is 37.8 Å². The minimum Gasteiger partial charge on any atom is -0.480 e. The number of carbonyl (C=O) groups excluding carboxylic acids is 2. The van der Waals surface area contributed by atoms with Crippen LogP contribution in [-0.4, -0.2) is 55.5 Å². The Hall–Kier alpha value is -3.39. The molecule has 2 aromatic rings. The lowest BCUT2D eigenvalue weighted by molar-refractivity contribution is -0.142. The first kappa shape index (κ1) is 24.3. The van der Waals surface area contributed by atoms with Crippen molar-refractivity contribution in [2.24, 2.45) is 5.41 Å². The standard InChI is InChI=1S/C25H30N2O6/c1-25(2,3)22(23(30)26-12-13-32-15-21(28)29)27-24(31)33-14-20-18-10-6-4-8-16(18)17-9-5-7-11-19(17)20/h4-11,20,22H,12-15H2,1-3H3,(H,26,30)(H,27,31)(H,28,29). The summed E-state index contributed by atoms with van der Waals surface area (Å²) in [5, 5.41) is 13.9. The van der Waals surface area contributed by atoms with Gasteiger partial charge in [0, 0.05) is 12.5 Å². The van der Waals surface area contributed by atoms with Crippen LogP contribution >= 0.6 is 0 Å². The molecule has 8 nitrogen and oxygen atoms in total. The summed E-state index contributed by atoms with van der Waals surface area (Å²) in [4.78, 5) is 35.8. The molecule has 0 radical (unpaired) electrons. The van der Waals surface area contributed by atoms with Gasteiger partial charge >= 0.3 is 12.1 Å². The highest BCUT2D eigenvalue weighted by Gasteiger charge is 2.34. The minimum atomic E-state index is -1.08. The average Bonchev–Trinajstić information content (AvgIpc) is 3.08. The topological polar surface area (TPSA) is 114 Å². The van der Waals surface area contributed by atoms with E-state index >= 15 is 0 Å². The first-order valence-corrected chi connectivity index (χ1v) is 10.9. The van der Waals surface area contributed by atoms with E-state index in [1.54, 1.807) is 0 Å². The zero-order chi connectivity index (χ0) is 24.0. The van der Waals surface area contributed by atoms with E-state index in [-0.39, 0.29) is 25.7 Å². The van der Waals surface area contributed by atoms with E-state index in [4.69, 9.17) is 14.6 Å². The molecule has 1 unspecified atom stereocenters. The lowest BCUT2D eigenvalue weighted by Gasteiger charge is -2.30. The fourth-order valence-corrected chi connectivity index (χ4v) is 3.94. The van der Waals surface area contributed by atoms with Gasteiger partial charge in [-0.25, -0.2) is 9.59 Å². The first-order chi connectivity index (χ1) is 15.7. The van der Waals surface area contributed by atoms with Crippen LogP contribution in [0.25, 0.3) is 11.1 Å². The molecule has 0 bridgehead atoms. The van der Waals surface area contributed by atoms with Crippen molar-refractivity contribution in [2.75, 3.05) is 26.4 Å². The van der Waals surface area contributed by atoms with Crippen molar-refractivity contribution in [1.82, 2.24) is 10.6 Å². The van der Waals surface area contributed by atoms with Crippen LogP contribution in [0.2, 0.25) is 0 Å². The van der Waals surface area contributed by atoms with Gasteiger partial charge in [-0.2, -0.15) is 0 Å². The number of nitrogens with one attached hydrogen (secondary N) is 2. The first-order valence-electron chi connectivity index (χ1n) is 10.9. The number of hydrogen-bond acceptors (Lipinski definition) is 5. The van der Waals surface area contributed by atoms with Crippen molar-refractivity contribution in [2.45, 2.75) is 32.7 Å². The normalized spacial score (nSPS) is 13.5. The Morgan fingerprint density at radius 3 is 2.12 bits per heavy atom. The predicted molar refractivity (Wildman–Crippen MR) is 123 cm³/mol. The number of carboxylic acid groups (broad SMARTS) is 1. The second-order valence-electron chi connectivity index (χ2n) is 9.01. The van der Waals surface area contributed by atoms with Gasteiger partial charge in [0.1, 0.15) is 19.3 Å². The molecule has 33 heavy (non-hydrogen) atoms. The smallest absolute Gasteiger partial charge is 0.407 e. The van der Waals surface area contributed by atoms with E-state index in [0.29, 0.717) is 0 Å². The number of carbonyl (C=O) groups is 3. The van der Waals surface area contributed by atoms with E-state index in [9.17, 15) is 14.4 Å². The lowest BCUT2D eigenvalue weighted by atomic mass is 9.86. The highest BCUT2D eigenvalue weighted by molar-refractivity contribution is 5.86. The number of amides is 2. The van der Waals surface area contributed by atoms with E-state index in [1.807, 2.05) is 57.2 Å². The van der Waals surface area contributed by atoms with Gasteiger partial charge in [-0.3, -0.25) is 4.79 Å². The quantitative estimate of drug-likeness (QED) is 0.502. The molecular formula is C25H30N2O6. The summed E-state index contributed by atoms with van der Waals surface area (Å²) in [6.07, 6.45) is -0.672. The molecule has 0 aromatic heterocycles. The van der Waals surface area contributed by atoms with Crippen LogP contribution in [0, 0.1) is 5.41 Å². The second-order valence-corrected chi connectivity index (χ2v) is 9.01. The van der Waals surface area contributed by atoms with E-state index in [1.165, 1.54) is 0 Å². The summed E-state index contributed by atoms with van der Waals surface area (Å²) in [6, 6.07) is 15.3. The molecule has 1 aliphatic carbocycles. The predicted octanol–water partition coefficient (Wildman–Crippen LogP) is 3.16. The van der Waals surface area contributed by atoms with Crippen LogP contribution in [0.3, 0.4) is 0 Å². The van der Waals surface area contributed by atoms with Crippen LogP contribution < -0.4 is 10.6 Å². The third-order valence-corrected chi connectivity index (χ3v) is 5.51. The molecule has 2 amide bonds. The van der Waals surface area contributed by atoms with Gasteiger partial charge in [-0.05, 0) is 27.7 Å². The van der Waals surface area contributed by atoms with E-state index in [2.05, 4.69) is 22.8 Å². The zero-order valence-electron chi connectivity index (χ0n) is 19.1. The molecule has 3 rings (SSSR count). The van der Waals surface area contributed by atoms with Crippen LogP contribution in [0.15, 0.2) is 48.5 Å². The number of ether oxygens (including phenoxy) is 2. The lowest BCUT2D eigenvalue weighted by Crippen LogP contribution is -2.54. The number of benzene rings is 2. The third kappa shape index (κ3) is 6.10. The number of hydrogen-bond donors (Lipinski definition) is 3. The molecule has 0 saturated heterocycles. The summed E-state index contributed by atoms with van der Waals surface area (Å²) in [5.41, 5.74) is 3.92.